The minimum Gasteiger partial charge on any atom is -0.430 e. The summed E-state index contributed by atoms with van der Waals surface area (Å²) in [6, 6.07) is 17.8. The van der Waals surface area contributed by atoms with Crippen LogP contribution in [0.15, 0.2) is 70.0 Å². The summed E-state index contributed by atoms with van der Waals surface area (Å²) in [7, 11) is 0. The van der Waals surface area contributed by atoms with Gasteiger partial charge in [0.2, 0.25) is 0 Å². The van der Waals surface area contributed by atoms with Gasteiger partial charge in [0.25, 0.3) is 0 Å². The lowest BCUT2D eigenvalue weighted by molar-refractivity contribution is 0.308. The summed E-state index contributed by atoms with van der Waals surface area (Å²) >= 11 is 11.1. The third-order valence-electron chi connectivity index (χ3n) is 3.14. The minimum atomic E-state index is -0.479. The van der Waals surface area contributed by atoms with Crippen LogP contribution < -0.4 is 10.4 Å². The lowest BCUT2D eigenvalue weighted by Crippen LogP contribution is -2.18. The maximum atomic E-state index is 11.6. The first-order valence-electron chi connectivity index (χ1n) is 6.86. The Morgan fingerprint density at radius 3 is 2.52 bits per heavy atom. The predicted octanol–water partition coefficient (Wildman–Crippen LogP) is 3.90. The van der Waals surface area contributed by atoms with E-state index in [9.17, 15) is 4.79 Å². The van der Waals surface area contributed by atoms with Crippen molar-refractivity contribution in [2.75, 3.05) is 0 Å². The van der Waals surface area contributed by atoms with Crippen molar-refractivity contribution in [1.82, 2.24) is 4.74 Å². The smallest absolute Gasteiger partial charge is 0.358 e. The molecule has 0 atom stereocenters. The van der Waals surface area contributed by atoms with Crippen molar-refractivity contribution in [3.63, 3.8) is 0 Å². The highest BCUT2D eigenvalue weighted by Gasteiger charge is 2.14. The molecule has 0 N–H and O–H groups in total. The molecule has 0 saturated heterocycles. The SMILES string of the molecule is O=c1cc(Cc2ccc(Cl)cc2)n(C(=S)Oc2ccccc2)o1. The maximum Gasteiger partial charge on any atom is 0.358 e. The number of ether oxygens (including phenoxy) is 1. The molecule has 0 saturated carbocycles. The van der Waals surface area contributed by atoms with Gasteiger partial charge in [-0.1, -0.05) is 41.9 Å². The Hall–Kier alpha value is -2.37. The Balaban J connectivity index is 1.84. The standard InChI is InChI=1S/C17H12ClNO3S/c18-13-8-6-12(7-9-13)10-14-11-16(20)22-19(14)17(23)21-15-4-2-1-3-5-15/h1-9,11H,10H2. The molecule has 0 unspecified atom stereocenters. The van der Waals surface area contributed by atoms with E-state index in [0.29, 0.717) is 22.9 Å². The molecular formula is C17H12ClNO3S. The van der Waals surface area contributed by atoms with Crippen molar-refractivity contribution in [3.8, 4) is 5.75 Å². The topological polar surface area (TPSA) is 44.4 Å². The van der Waals surface area contributed by atoms with Crippen LogP contribution in [0.25, 0.3) is 0 Å². The zero-order valence-corrected chi connectivity index (χ0v) is 13.5. The molecule has 2 aromatic carbocycles. The van der Waals surface area contributed by atoms with Gasteiger partial charge >= 0.3 is 10.8 Å². The third kappa shape index (κ3) is 3.88. The van der Waals surface area contributed by atoms with E-state index in [1.807, 2.05) is 30.3 Å². The molecule has 0 spiro atoms. The van der Waals surface area contributed by atoms with Gasteiger partial charge in [0, 0.05) is 17.5 Å². The van der Waals surface area contributed by atoms with Crippen LogP contribution in [0.3, 0.4) is 0 Å². The van der Waals surface area contributed by atoms with Crippen LogP contribution in [0.1, 0.15) is 11.3 Å². The monoisotopic (exact) mass is 345 g/mol. The second kappa shape index (κ2) is 6.81. The molecule has 0 amide bonds. The van der Waals surface area contributed by atoms with Crippen molar-refractivity contribution < 1.29 is 9.26 Å². The van der Waals surface area contributed by atoms with Gasteiger partial charge in [-0.2, -0.15) is 0 Å². The fourth-order valence-electron chi connectivity index (χ4n) is 2.09. The van der Waals surface area contributed by atoms with E-state index in [1.165, 1.54) is 10.8 Å². The van der Waals surface area contributed by atoms with Crippen LogP contribution in [-0.2, 0) is 6.42 Å². The molecule has 0 aliphatic carbocycles. The van der Waals surface area contributed by atoms with Gasteiger partial charge < -0.3 is 9.26 Å². The second-order valence-corrected chi connectivity index (χ2v) is 5.61. The van der Waals surface area contributed by atoms with Gasteiger partial charge in [-0.3, -0.25) is 0 Å². The summed E-state index contributed by atoms with van der Waals surface area (Å²) in [4.78, 5) is 11.6. The van der Waals surface area contributed by atoms with Crippen LogP contribution in [0.5, 0.6) is 5.75 Å². The Labute approximate surface area is 142 Å². The number of benzene rings is 2. The molecule has 0 bridgehead atoms. The highest BCUT2D eigenvalue weighted by atomic mass is 35.5. The van der Waals surface area contributed by atoms with E-state index < -0.39 is 5.63 Å². The fraction of sp³-hybridized carbons (Fsp3) is 0.0588. The number of rotatable bonds is 3. The maximum absolute atomic E-state index is 11.6. The summed E-state index contributed by atoms with van der Waals surface area (Å²) in [6.07, 6.45) is 0.473. The number of para-hydroxylation sites is 1. The highest BCUT2D eigenvalue weighted by molar-refractivity contribution is 7.80. The summed E-state index contributed by atoms with van der Waals surface area (Å²) in [5, 5.41) is 0.712. The van der Waals surface area contributed by atoms with Crippen LogP contribution >= 0.6 is 23.8 Å². The first-order chi connectivity index (χ1) is 11.1. The summed E-state index contributed by atoms with van der Waals surface area (Å²) in [5.41, 5.74) is 1.11. The first kappa shape index (κ1) is 15.5. The second-order valence-electron chi connectivity index (χ2n) is 4.82. The lowest BCUT2D eigenvalue weighted by atomic mass is 10.1. The Bertz CT molecular complexity index is 869. The van der Waals surface area contributed by atoms with Crippen LogP contribution in [0, 0.1) is 0 Å². The Kier molecular flexibility index (Phi) is 4.60. The van der Waals surface area contributed by atoms with Crippen molar-refractivity contribution in [2.24, 2.45) is 0 Å². The van der Waals surface area contributed by atoms with Gasteiger partial charge in [0.1, 0.15) is 5.75 Å². The molecule has 0 aliphatic heterocycles. The summed E-state index contributed by atoms with van der Waals surface area (Å²) in [6.45, 7) is 0. The lowest BCUT2D eigenvalue weighted by Gasteiger charge is -2.09. The van der Waals surface area contributed by atoms with Gasteiger partial charge in [-0.25, -0.2) is 4.79 Å². The molecule has 3 rings (SSSR count). The number of halogens is 1. The van der Waals surface area contributed by atoms with Crippen molar-refractivity contribution in [1.29, 1.82) is 0 Å². The average Bonchev–Trinajstić information content (AvgIpc) is 2.91. The van der Waals surface area contributed by atoms with Crippen LogP contribution in [0.4, 0.5) is 0 Å². The minimum absolute atomic E-state index is 0.0577. The molecule has 0 aliphatic rings. The molecule has 1 heterocycles. The van der Waals surface area contributed by atoms with E-state index in [2.05, 4.69) is 0 Å². The first-order valence-corrected chi connectivity index (χ1v) is 7.64. The Morgan fingerprint density at radius 1 is 1.13 bits per heavy atom. The molecule has 6 heteroatoms. The molecule has 116 valence electrons. The quantitative estimate of drug-likeness (QED) is 0.675. The summed E-state index contributed by atoms with van der Waals surface area (Å²) in [5.74, 6) is 0.575. The van der Waals surface area contributed by atoms with Crippen LogP contribution in [-0.4, -0.2) is 9.91 Å². The number of nitrogens with zero attached hydrogens (tertiary/aromatic N) is 1. The average molecular weight is 346 g/mol. The molecule has 0 fully saturated rings. The summed E-state index contributed by atoms with van der Waals surface area (Å²) < 4.78 is 11.9. The van der Waals surface area contributed by atoms with Crippen molar-refractivity contribution in [3.05, 3.63) is 87.4 Å². The predicted molar refractivity (Wildman–Crippen MR) is 92.3 cm³/mol. The van der Waals surface area contributed by atoms with Gasteiger partial charge in [0.15, 0.2) is 0 Å². The largest absolute Gasteiger partial charge is 0.430 e. The fourth-order valence-corrected chi connectivity index (χ4v) is 2.47. The number of hydrogen-bond donors (Lipinski definition) is 0. The van der Waals surface area contributed by atoms with Crippen molar-refractivity contribution >= 4 is 29.0 Å². The molecular weight excluding hydrogens is 334 g/mol. The van der Waals surface area contributed by atoms with E-state index >= 15 is 0 Å². The van der Waals surface area contributed by atoms with E-state index in [4.69, 9.17) is 33.1 Å². The van der Waals surface area contributed by atoms with Crippen molar-refractivity contribution in [2.45, 2.75) is 6.42 Å². The Morgan fingerprint density at radius 2 is 1.83 bits per heavy atom. The highest BCUT2D eigenvalue weighted by Crippen LogP contribution is 2.15. The third-order valence-corrected chi connectivity index (χ3v) is 3.64. The number of thiocarbonyl (C=S) groups is 1. The normalized spacial score (nSPS) is 10.5. The molecule has 23 heavy (non-hydrogen) atoms. The van der Waals surface area contributed by atoms with Gasteiger partial charge in [-0.15, -0.1) is 4.74 Å². The van der Waals surface area contributed by atoms with Crippen LogP contribution in [0.2, 0.25) is 5.02 Å². The number of hydrogen-bond acceptors (Lipinski definition) is 4. The van der Waals surface area contributed by atoms with E-state index in [1.54, 1.807) is 24.3 Å². The molecule has 3 aromatic rings. The molecule has 4 nitrogen and oxygen atoms in total. The van der Waals surface area contributed by atoms with Gasteiger partial charge in [-0.05, 0) is 42.0 Å². The molecule has 1 aromatic heterocycles. The van der Waals surface area contributed by atoms with E-state index in [-0.39, 0.29) is 5.17 Å². The van der Waals surface area contributed by atoms with E-state index in [0.717, 1.165) is 5.56 Å². The zero-order chi connectivity index (χ0) is 16.2. The number of aromatic nitrogens is 1. The zero-order valence-electron chi connectivity index (χ0n) is 11.9. The molecule has 0 radical (unpaired) electrons. The van der Waals surface area contributed by atoms with Gasteiger partial charge in [0.05, 0.1) is 5.69 Å².